The summed E-state index contributed by atoms with van der Waals surface area (Å²) in [5, 5.41) is 3.43. The van der Waals surface area contributed by atoms with Crippen molar-refractivity contribution in [2.75, 3.05) is 12.3 Å². The normalized spacial score (nSPS) is 10.8. The van der Waals surface area contributed by atoms with Crippen LogP contribution in [0, 0.1) is 0 Å². The first-order chi connectivity index (χ1) is 8.77. The van der Waals surface area contributed by atoms with Crippen LogP contribution in [0.5, 0.6) is 0 Å². The molecule has 0 amide bonds. The van der Waals surface area contributed by atoms with Crippen LogP contribution in [0.25, 0.3) is 0 Å². The summed E-state index contributed by atoms with van der Waals surface area (Å²) in [4.78, 5) is 1.37. The highest BCUT2D eigenvalue weighted by Crippen LogP contribution is 2.29. The second kappa shape index (κ2) is 9.88. The van der Waals surface area contributed by atoms with E-state index in [-0.39, 0.29) is 0 Å². The second-order valence-electron chi connectivity index (χ2n) is 4.50. The molecular weight excluding hydrogens is 306 g/mol. The monoisotopic (exact) mass is 329 g/mol. The van der Waals surface area contributed by atoms with Crippen LogP contribution in [0.3, 0.4) is 0 Å². The lowest BCUT2D eigenvalue weighted by Crippen LogP contribution is -2.13. The molecule has 0 aliphatic rings. The molecular formula is C15H24BrNS. The van der Waals surface area contributed by atoms with Crippen molar-refractivity contribution in [3.8, 4) is 0 Å². The molecule has 0 atom stereocenters. The smallest absolute Gasteiger partial charge is 0.0314 e. The van der Waals surface area contributed by atoms with Crippen molar-refractivity contribution in [1.29, 1.82) is 0 Å². The SMILES string of the molecule is CCCCCSc1ccc(CNCCC)cc1Br. The number of hydrogen-bond acceptors (Lipinski definition) is 2. The Bertz CT molecular complexity index is 341. The van der Waals surface area contributed by atoms with E-state index in [4.69, 9.17) is 0 Å². The van der Waals surface area contributed by atoms with Gasteiger partial charge in [0.15, 0.2) is 0 Å². The fourth-order valence-electron chi connectivity index (χ4n) is 1.72. The molecule has 1 aromatic rings. The first kappa shape index (κ1) is 16.1. The van der Waals surface area contributed by atoms with Gasteiger partial charge in [-0.05, 0) is 58.8 Å². The van der Waals surface area contributed by atoms with Gasteiger partial charge in [0.05, 0.1) is 0 Å². The molecule has 0 fully saturated rings. The summed E-state index contributed by atoms with van der Waals surface area (Å²) in [6.07, 6.45) is 5.13. The van der Waals surface area contributed by atoms with Crippen LogP contribution in [0.4, 0.5) is 0 Å². The molecule has 0 aliphatic heterocycles. The van der Waals surface area contributed by atoms with E-state index in [0.29, 0.717) is 0 Å². The summed E-state index contributed by atoms with van der Waals surface area (Å²) < 4.78 is 1.24. The number of hydrogen-bond donors (Lipinski definition) is 1. The Kier molecular flexibility index (Phi) is 8.82. The molecule has 1 nitrogen and oxygen atoms in total. The summed E-state index contributed by atoms with van der Waals surface area (Å²) in [6, 6.07) is 6.71. The number of nitrogens with one attached hydrogen (secondary N) is 1. The first-order valence-corrected chi connectivity index (χ1v) is 8.67. The van der Waals surface area contributed by atoms with E-state index in [1.54, 1.807) is 0 Å². The van der Waals surface area contributed by atoms with Gasteiger partial charge in [-0.1, -0.05) is 32.8 Å². The lowest BCUT2D eigenvalue weighted by Gasteiger charge is -2.08. The highest BCUT2D eigenvalue weighted by Gasteiger charge is 2.02. The van der Waals surface area contributed by atoms with E-state index in [1.165, 1.54) is 46.4 Å². The van der Waals surface area contributed by atoms with Gasteiger partial charge in [-0.15, -0.1) is 11.8 Å². The molecule has 102 valence electrons. The lowest BCUT2D eigenvalue weighted by atomic mass is 10.2. The van der Waals surface area contributed by atoms with Gasteiger partial charge >= 0.3 is 0 Å². The van der Waals surface area contributed by atoms with Gasteiger partial charge in [0.1, 0.15) is 0 Å². The van der Waals surface area contributed by atoms with Crippen LogP contribution >= 0.6 is 27.7 Å². The Morgan fingerprint density at radius 1 is 1.17 bits per heavy atom. The van der Waals surface area contributed by atoms with Crippen LogP contribution < -0.4 is 5.32 Å². The van der Waals surface area contributed by atoms with Crippen LogP contribution in [0.15, 0.2) is 27.6 Å². The third-order valence-corrected chi connectivity index (χ3v) is 4.84. The minimum absolute atomic E-state index is 0.965. The Hall–Kier alpha value is 0.01000. The van der Waals surface area contributed by atoms with Crippen molar-refractivity contribution in [3.63, 3.8) is 0 Å². The standard InChI is InChI=1S/C15H24BrNS/c1-3-5-6-10-18-15-8-7-13(11-14(15)16)12-17-9-4-2/h7-8,11,17H,3-6,9-10,12H2,1-2H3. The van der Waals surface area contributed by atoms with E-state index in [1.807, 2.05) is 11.8 Å². The summed E-state index contributed by atoms with van der Waals surface area (Å²) in [7, 11) is 0. The molecule has 1 N–H and O–H groups in total. The topological polar surface area (TPSA) is 12.0 Å². The number of halogens is 1. The zero-order valence-corrected chi connectivity index (χ0v) is 13.9. The molecule has 0 saturated heterocycles. The zero-order chi connectivity index (χ0) is 13.2. The van der Waals surface area contributed by atoms with Crippen molar-refractivity contribution >= 4 is 27.7 Å². The number of unbranched alkanes of at least 4 members (excludes halogenated alkanes) is 2. The van der Waals surface area contributed by atoms with Crippen LogP contribution in [-0.4, -0.2) is 12.3 Å². The third-order valence-electron chi connectivity index (χ3n) is 2.76. The molecule has 0 saturated carbocycles. The van der Waals surface area contributed by atoms with Crippen LogP contribution in [-0.2, 0) is 6.54 Å². The lowest BCUT2D eigenvalue weighted by molar-refractivity contribution is 0.675. The van der Waals surface area contributed by atoms with Gasteiger partial charge in [0, 0.05) is 15.9 Å². The number of thioether (sulfide) groups is 1. The zero-order valence-electron chi connectivity index (χ0n) is 11.5. The third kappa shape index (κ3) is 6.26. The van der Waals surface area contributed by atoms with Gasteiger partial charge < -0.3 is 5.32 Å². The summed E-state index contributed by atoms with van der Waals surface area (Å²) in [5.41, 5.74) is 1.35. The van der Waals surface area contributed by atoms with Crippen LogP contribution in [0.1, 0.15) is 45.1 Å². The maximum atomic E-state index is 3.68. The second-order valence-corrected chi connectivity index (χ2v) is 6.49. The van der Waals surface area contributed by atoms with Gasteiger partial charge in [0.25, 0.3) is 0 Å². The van der Waals surface area contributed by atoms with E-state index in [2.05, 4.69) is 53.3 Å². The molecule has 3 heteroatoms. The maximum Gasteiger partial charge on any atom is 0.0314 e. The summed E-state index contributed by atoms with van der Waals surface area (Å²) in [5.74, 6) is 1.22. The Morgan fingerprint density at radius 2 is 2.00 bits per heavy atom. The van der Waals surface area contributed by atoms with Crippen LogP contribution in [0.2, 0.25) is 0 Å². The van der Waals surface area contributed by atoms with E-state index >= 15 is 0 Å². The molecule has 0 unspecified atom stereocenters. The van der Waals surface area contributed by atoms with Crippen molar-refractivity contribution in [3.05, 3.63) is 28.2 Å². The molecule has 1 aromatic carbocycles. The summed E-state index contributed by atoms with van der Waals surface area (Å²) >= 11 is 5.63. The highest BCUT2D eigenvalue weighted by molar-refractivity contribution is 9.10. The molecule has 0 heterocycles. The van der Waals surface area contributed by atoms with Crippen molar-refractivity contribution in [2.24, 2.45) is 0 Å². The maximum absolute atomic E-state index is 3.68. The van der Waals surface area contributed by atoms with Gasteiger partial charge in [-0.3, -0.25) is 0 Å². The predicted molar refractivity (Wildman–Crippen MR) is 86.4 cm³/mol. The highest BCUT2D eigenvalue weighted by atomic mass is 79.9. The van der Waals surface area contributed by atoms with Gasteiger partial charge in [-0.2, -0.15) is 0 Å². The number of rotatable bonds is 9. The predicted octanol–water partition coefficient (Wildman–Crippen LogP) is 5.23. The fourth-order valence-corrected chi connectivity index (χ4v) is 3.41. The average Bonchev–Trinajstić information content (AvgIpc) is 2.37. The molecule has 0 aromatic heterocycles. The quantitative estimate of drug-likeness (QED) is 0.491. The first-order valence-electron chi connectivity index (χ1n) is 6.89. The molecule has 0 spiro atoms. The van der Waals surface area contributed by atoms with Crippen molar-refractivity contribution < 1.29 is 0 Å². The minimum atomic E-state index is 0.965. The molecule has 18 heavy (non-hydrogen) atoms. The summed E-state index contributed by atoms with van der Waals surface area (Å²) in [6.45, 7) is 6.50. The minimum Gasteiger partial charge on any atom is -0.313 e. The van der Waals surface area contributed by atoms with E-state index in [0.717, 1.165) is 13.1 Å². The Morgan fingerprint density at radius 3 is 2.67 bits per heavy atom. The largest absolute Gasteiger partial charge is 0.313 e. The van der Waals surface area contributed by atoms with Crippen molar-refractivity contribution in [2.45, 2.75) is 51.0 Å². The molecule has 0 radical (unpaired) electrons. The molecule has 0 aliphatic carbocycles. The molecule has 0 bridgehead atoms. The molecule has 1 rings (SSSR count). The number of benzene rings is 1. The van der Waals surface area contributed by atoms with Crippen molar-refractivity contribution in [1.82, 2.24) is 5.32 Å². The average molecular weight is 330 g/mol. The van der Waals surface area contributed by atoms with E-state index < -0.39 is 0 Å². The Labute approximate surface area is 124 Å². The van der Waals surface area contributed by atoms with Gasteiger partial charge in [-0.25, -0.2) is 0 Å². The van der Waals surface area contributed by atoms with E-state index in [9.17, 15) is 0 Å². The fraction of sp³-hybridized carbons (Fsp3) is 0.600. The Balaban J connectivity index is 2.41. The van der Waals surface area contributed by atoms with Gasteiger partial charge in [0.2, 0.25) is 0 Å².